The van der Waals surface area contributed by atoms with Crippen LogP contribution in [0.5, 0.6) is 0 Å². The van der Waals surface area contributed by atoms with Crippen molar-refractivity contribution in [3.8, 4) is 0 Å². The van der Waals surface area contributed by atoms with Crippen LogP contribution in [0.15, 0.2) is 49.6 Å². The van der Waals surface area contributed by atoms with Crippen LogP contribution < -0.4 is 0 Å². The molecule has 0 aromatic heterocycles. The predicted molar refractivity (Wildman–Crippen MR) is 91.2 cm³/mol. The van der Waals surface area contributed by atoms with Gasteiger partial charge in [-0.05, 0) is 62.5 Å². The molecule has 0 saturated carbocycles. The first-order valence-corrected chi connectivity index (χ1v) is 8.16. The van der Waals surface area contributed by atoms with E-state index in [1.54, 1.807) is 0 Å². The molecule has 0 aliphatic rings. The Morgan fingerprint density at radius 2 is 1.20 bits per heavy atom. The molecule has 0 bridgehead atoms. The first-order chi connectivity index (χ1) is 9.86. The van der Waals surface area contributed by atoms with E-state index in [2.05, 4.69) is 37.4 Å². The van der Waals surface area contributed by atoms with Gasteiger partial charge in [0.15, 0.2) is 0 Å². The Labute approximate surface area is 125 Å². The molecule has 0 nitrogen and oxygen atoms in total. The van der Waals surface area contributed by atoms with E-state index in [0.29, 0.717) is 0 Å². The molecule has 1 aromatic rings. The monoisotopic (exact) mass is 270 g/mol. The van der Waals surface area contributed by atoms with Gasteiger partial charge in [0, 0.05) is 0 Å². The van der Waals surface area contributed by atoms with Crippen LogP contribution in [0.25, 0.3) is 0 Å². The van der Waals surface area contributed by atoms with Gasteiger partial charge in [-0.25, -0.2) is 0 Å². The molecule has 0 heteroatoms. The predicted octanol–water partition coefficient (Wildman–Crippen LogP) is 6.26. The molecule has 0 unspecified atom stereocenters. The zero-order chi connectivity index (χ0) is 14.5. The summed E-state index contributed by atoms with van der Waals surface area (Å²) >= 11 is 0. The zero-order valence-corrected chi connectivity index (χ0v) is 12.9. The molecule has 1 rings (SSSR count). The quantitative estimate of drug-likeness (QED) is 0.310. The molecule has 0 spiro atoms. The van der Waals surface area contributed by atoms with Gasteiger partial charge in [0.25, 0.3) is 0 Å². The van der Waals surface area contributed by atoms with E-state index in [9.17, 15) is 0 Å². The SMILES string of the molecule is C=CCCCCCc1cccc(CCCCCC=C)c1. The van der Waals surface area contributed by atoms with Crippen molar-refractivity contribution in [3.05, 3.63) is 60.7 Å². The van der Waals surface area contributed by atoms with Gasteiger partial charge < -0.3 is 0 Å². The van der Waals surface area contributed by atoms with Crippen molar-refractivity contribution in [1.29, 1.82) is 0 Å². The van der Waals surface area contributed by atoms with Crippen molar-refractivity contribution in [2.24, 2.45) is 0 Å². The maximum absolute atomic E-state index is 3.77. The fourth-order valence-electron chi connectivity index (χ4n) is 2.53. The van der Waals surface area contributed by atoms with Gasteiger partial charge in [0.1, 0.15) is 0 Å². The van der Waals surface area contributed by atoms with E-state index < -0.39 is 0 Å². The molecular weight excluding hydrogens is 240 g/mol. The lowest BCUT2D eigenvalue weighted by atomic mass is 10.0. The highest BCUT2D eigenvalue weighted by Crippen LogP contribution is 2.13. The second kappa shape index (κ2) is 11.5. The smallest absolute Gasteiger partial charge is 0.0279 e. The molecule has 0 amide bonds. The van der Waals surface area contributed by atoms with Crippen LogP contribution in [-0.2, 0) is 12.8 Å². The van der Waals surface area contributed by atoms with Crippen LogP contribution in [-0.4, -0.2) is 0 Å². The van der Waals surface area contributed by atoms with Crippen molar-refractivity contribution < 1.29 is 0 Å². The highest BCUT2D eigenvalue weighted by atomic mass is 14.0. The van der Waals surface area contributed by atoms with Crippen LogP contribution in [0.1, 0.15) is 62.5 Å². The van der Waals surface area contributed by atoms with Crippen molar-refractivity contribution in [1.82, 2.24) is 0 Å². The lowest BCUT2D eigenvalue weighted by Gasteiger charge is -2.05. The molecule has 0 radical (unpaired) electrons. The van der Waals surface area contributed by atoms with E-state index in [1.807, 2.05) is 12.2 Å². The van der Waals surface area contributed by atoms with Gasteiger partial charge in [-0.1, -0.05) is 49.3 Å². The third-order valence-corrected chi connectivity index (χ3v) is 3.74. The first kappa shape index (κ1) is 16.8. The highest BCUT2D eigenvalue weighted by Gasteiger charge is 1.97. The van der Waals surface area contributed by atoms with Crippen LogP contribution in [0.3, 0.4) is 0 Å². The van der Waals surface area contributed by atoms with Gasteiger partial charge >= 0.3 is 0 Å². The molecule has 20 heavy (non-hydrogen) atoms. The van der Waals surface area contributed by atoms with Crippen molar-refractivity contribution in [3.63, 3.8) is 0 Å². The molecule has 0 fully saturated rings. The number of allylic oxidation sites excluding steroid dienone is 2. The Kier molecular flexibility index (Phi) is 9.65. The summed E-state index contributed by atoms with van der Waals surface area (Å²) in [5, 5.41) is 0. The molecule has 0 N–H and O–H groups in total. The second-order valence-corrected chi connectivity index (χ2v) is 5.60. The number of hydrogen-bond donors (Lipinski definition) is 0. The third kappa shape index (κ3) is 7.99. The summed E-state index contributed by atoms with van der Waals surface area (Å²) in [5.41, 5.74) is 3.01. The Morgan fingerprint density at radius 1 is 0.700 bits per heavy atom. The summed E-state index contributed by atoms with van der Waals surface area (Å²) in [6.45, 7) is 7.54. The minimum atomic E-state index is 1.16. The Balaban J connectivity index is 2.22. The maximum Gasteiger partial charge on any atom is -0.0279 e. The molecule has 0 aliphatic carbocycles. The zero-order valence-electron chi connectivity index (χ0n) is 12.9. The van der Waals surface area contributed by atoms with Gasteiger partial charge in [-0.15, -0.1) is 13.2 Å². The Morgan fingerprint density at radius 3 is 1.65 bits per heavy atom. The minimum Gasteiger partial charge on any atom is -0.103 e. The summed E-state index contributed by atoms with van der Waals surface area (Å²) in [6, 6.07) is 9.17. The molecular formula is C20H30. The third-order valence-electron chi connectivity index (χ3n) is 3.74. The van der Waals surface area contributed by atoms with Gasteiger partial charge in [-0.3, -0.25) is 0 Å². The molecule has 110 valence electrons. The molecule has 0 saturated heterocycles. The van der Waals surface area contributed by atoms with Crippen LogP contribution in [0.2, 0.25) is 0 Å². The lowest BCUT2D eigenvalue weighted by molar-refractivity contribution is 0.680. The standard InChI is InChI=1S/C20H30/c1-3-5-7-9-11-14-19-16-13-17-20(18-19)15-12-10-8-6-4-2/h3-4,13,16-18H,1-2,5-12,14-15H2. The van der Waals surface area contributed by atoms with Crippen LogP contribution in [0, 0.1) is 0 Å². The molecule has 0 atom stereocenters. The number of rotatable bonds is 12. The van der Waals surface area contributed by atoms with E-state index >= 15 is 0 Å². The van der Waals surface area contributed by atoms with Gasteiger partial charge in [0.2, 0.25) is 0 Å². The minimum absolute atomic E-state index is 1.16. The molecule has 1 aromatic carbocycles. The second-order valence-electron chi connectivity index (χ2n) is 5.60. The fourth-order valence-corrected chi connectivity index (χ4v) is 2.53. The van der Waals surface area contributed by atoms with E-state index in [1.165, 1.54) is 62.5 Å². The van der Waals surface area contributed by atoms with Gasteiger partial charge in [-0.2, -0.15) is 0 Å². The average Bonchev–Trinajstić information content (AvgIpc) is 2.47. The molecule has 0 aliphatic heterocycles. The van der Waals surface area contributed by atoms with Crippen molar-refractivity contribution in [2.75, 3.05) is 0 Å². The number of hydrogen-bond acceptors (Lipinski definition) is 0. The number of benzene rings is 1. The Bertz CT molecular complexity index is 342. The van der Waals surface area contributed by atoms with Crippen LogP contribution in [0.4, 0.5) is 0 Å². The summed E-state index contributed by atoms with van der Waals surface area (Å²) in [7, 11) is 0. The van der Waals surface area contributed by atoms with E-state index in [0.717, 1.165) is 12.8 Å². The lowest BCUT2D eigenvalue weighted by Crippen LogP contribution is -1.90. The topological polar surface area (TPSA) is 0 Å². The first-order valence-electron chi connectivity index (χ1n) is 8.16. The van der Waals surface area contributed by atoms with E-state index in [4.69, 9.17) is 0 Å². The Hall–Kier alpha value is -1.30. The van der Waals surface area contributed by atoms with Gasteiger partial charge in [0.05, 0.1) is 0 Å². The largest absolute Gasteiger partial charge is 0.103 e. The number of aryl methyl sites for hydroxylation is 2. The average molecular weight is 270 g/mol. The highest BCUT2D eigenvalue weighted by molar-refractivity contribution is 5.23. The normalized spacial score (nSPS) is 10.4. The van der Waals surface area contributed by atoms with Crippen molar-refractivity contribution in [2.45, 2.75) is 64.2 Å². The summed E-state index contributed by atoms with van der Waals surface area (Å²) in [4.78, 5) is 0. The summed E-state index contributed by atoms with van der Waals surface area (Å²) in [6.07, 6.45) is 16.6. The van der Waals surface area contributed by atoms with Crippen LogP contribution >= 0.6 is 0 Å². The van der Waals surface area contributed by atoms with E-state index in [-0.39, 0.29) is 0 Å². The maximum atomic E-state index is 3.77. The summed E-state index contributed by atoms with van der Waals surface area (Å²) < 4.78 is 0. The fraction of sp³-hybridized carbons (Fsp3) is 0.500. The number of unbranched alkanes of at least 4 members (excludes halogenated alkanes) is 6. The molecule has 0 heterocycles. The van der Waals surface area contributed by atoms with Crippen molar-refractivity contribution >= 4 is 0 Å². The summed E-state index contributed by atoms with van der Waals surface area (Å²) in [5.74, 6) is 0.